The summed E-state index contributed by atoms with van der Waals surface area (Å²) in [6.45, 7) is 8.38. The number of fused-ring (bicyclic) bond motifs is 1. The summed E-state index contributed by atoms with van der Waals surface area (Å²) in [5.41, 5.74) is 1.28. The van der Waals surface area contributed by atoms with E-state index in [4.69, 9.17) is 0 Å². The van der Waals surface area contributed by atoms with E-state index in [1.807, 2.05) is 32.3 Å². The maximum Gasteiger partial charge on any atom is 0.287 e. The third-order valence-corrected chi connectivity index (χ3v) is 3.38. The predicted molar refractivity (Wildman–Crippen MR) is 80.4 cm³/mol. The molecule has 2 N–H and O–H groups in total. The molecule has 6 heteroatoms. The molecule has 2 heterocycles. The molecular formula is C15H24N4O2. The van der Waals surface area contributed by atoms with E-state index in [9.17, 15) is 9.59 Å². The zero-order valence-electron chi connectivity index (χ0n) is 13.2. The third-order valence-electron chi connectivity index (χ3n) is 3.38. The van der Waals surface area contributed by atoms with Crippen LogP contribution in [-0.2, 0) is 13.0 Å². The molecule has 0 radical (unpaired) electrons. The standard InChI is InChI=1S/C15H24N4O2/c1-9(2)16-14(20)12-11-7-5-6-8-19(11)13(18-12)15(21)17-10(3)4/h9-10H,5-8H2,1-4H3,(H,16,20)(H,17,21). The van der Waals surface area contributed by atoms with Crippen molar-refractivity contribution in [1.82, 2.24) is 20.2 Å². The number of amides is 2. The van der Waals surface area contributed by atoms with Crippen molar-refractivity contribution in [3.05, 3.63) is 17.2 Å². The van der Waals surface area contributed by atoms with Crippen molar-refractivity contribution >= 4 is 11.8 Å². The summed E-state index contributed by atoms with van der Waals surface area (Å²) in [5.74, 6) is -0.0525. The van der Waals surface area contributed by atoms with E-state index in [0.717, 1.165) is 31.5 Å². The number of aromatic nitrogens is 2. The molecule has 0 aromatic carbocycles. The summed E-state index contributed by atoms with van der Waals surface area (Å²) in [7, 11) is 0. The van der Waals surface area contributed by atoms with Gasteiger partial charge in [0, 0.05) is 18.6 Å². The summed E-state index contributed by atoms with van der Waals surface area (Å²) in [4.78, 5) is 28.9. The molecule has 116 valence electrons. The van der Waals surface area contributed by atoms with Gasteiger partial charge in [-0.25, -0.2) is 4.98 Å². The van der Waals surface area contributed by atoms with Gasteiger partial charge in [0.1, 0.15) is 5.69 Å². The Kier molecular flexibility index (Phi) is 4.65. The van der Waals surface area contributed by atoms with Crippen LogP contribution in [0, 0.1) is 0 Å². The van der Waals surface area contributed by atoms with E-state index in [2.05, 4.69) is 15.6 Å². The Labute approximate surface area is 125 Å². The Morgan fingerprint density at radius 2 is 1.67 bits per heavy atom. The minimum Gasteiger partial charge on any atom is -0.348 e. The Morgan fingerprint density at radius 3 is 2.29 bits per heavy atom. The molecule has 0 spiro atoms. The molecule has 1 aromatic rings. The number of hydrogen-bond acceptors (Lipinski definition) is 3. The van der Waals surface area contributed by atoms with Crippen LogP contribution >= 0.6 is 0 Å². The highest BCUT2D eigenvalue weighted by molar-refractivity contribution is 5.97. The maximum absolute atomic E-state index is 12.3. The summed E-state index contributed by atoms with van der Waals surface area (Å²) >= 11 is 0. The molecule has 0 atom stereocenters. The van der Waals surface area contributed by atoms with Crippen molar-refractivity contribution in [2.75, 3.05) is 0 Å². The molecule has 1 aromatic heterocycles. The summed E-state index contributed by atoms with van der Waals surface area (Å²) < 4.78 is 1.90. The normalized spacial score (nSPS) is 14.2. The molecule has 0 bridgehead atoms. The van der Waals surface area contributed by atoms with Crippen LogP contribution in [0.5, 0.6) is 0 Å². The van der Waals surface area contributed by atoms with Gasteiger partial charge >= 0.3 is 0 Å². The molecule has 0 unspecified atom stereocenters. The highest BCUT2D eigenvalue weighted by atomic mass is 16.2. The van der Waals surface area contributed by atoms with Gasteiger partial charge in [0.2, 0.25) is 0 Å². The molecule has 0 saturated heterocycles. The van der Waals surface area contributed by atoms with Gasteiger partial charge in [-0.1, -0.05) is 0 Å². The zero-order valence-corrected chi connectivity index (χ0v) is 13.2. The first-order valence-electron chi connectivity index (χ1n) is 7.61. The summed E-state index contributed by atoms with van der Waals surface area (Å²) in [6.07, 6.45) is 2.83. The van der Waals surface area contributed by atoms with E-state index < -0.39 is 0 Å². The first kappa shape index (κ1) is 15.5. The second kappa shape index (κ2) is 6.28. The fourth-order valence-corrected chi connectivity index (χ4v) is 2.56. The number of nitrogens with zero attached hydrogens (tertiary/aromatic N) is 2. The van der Waals surface area contributed by atoms with E-state index in [1.165, 1.54) is 0 Å². The van der Waals surface area contributed by atoms with Crippen molar-refractivity contribution in [1.29, 1.82) is 0 Å². The molecule has 2 amide bonds. The average Bonchev–Trinajstić information content (AvgIpc) is 2.76. The topological polar surface area (TPSA) is 76.0 Å². The fourth-order valence-electron chi connectivity index (χ4n) is 2.56. The molecule has 0 aliphatic carbocycles. The largest absolute Gasteiger partial charge is 0.348 e. The number of carbonyl (C=O) groups excluding carboxylic acids is 2. The number of imidazole rings is 1. The zero-order chi connectivity index (χ0) is 15.6. The van der Waals surface area contributed by atoms with Crippen LogP contribution in [0.4, 0.5) is 0 Å². The lowest BCUT2D eigenvalue weighted by atomic mass is 10.1. The van der Waals surface area contributed by atoms with Gasteiger partial charge in [-0.05, 0) is 47.0 Å². The van der Waals surface area contributed by atoms with Crippen molar-refractivity contribution in [2.24, 2.45) is 0 Å². The number of carbonyl (C=O) groups is 2. The van der Waals surface area contributed by atoms with Crippen LogP contribution in [-0.4, -0.2) is 33.4 Å². The van der Waals surface area contributed by atoms with Crippen molar-refractivity contribution in [3.8, 4) is 0 Å². The Morgan fingerprint density at radius 1 is 1.05 bits per heavy atom. The van der Waals surface area contributed by atoms with Crippen LogP contribution in [0.25, 0.3) is 0 Å². The Balaban J connectivity index is 2.36. The molecule has 1 aliphatic heterocycles. The molecule has 2 rings (SSSR count). The van der Waals surface area contributed by atoms with E-state index in [-0.39, 0.29) is 23.9 Å². The lowest BCUT2D eigenvalue weighted by Crippen LogP contribution is -2.33. The summed E-state index contributed by atoms with van der Waals surface area (Å²) in [5, 5.41) is 5.70. The third kappa shape index (κ3) is 3.43. The lowest BCUT2D eigenvalue weighted by Gasteiger charge is -2.17. The molecule has 1 aliphatic rings. The fraction of sp³-hybridized carbons (Fsp3) is 0.667. The molecule has 6 nitrogen and oxygen atoms in total. The van der Waals surface area contributed by atoms with Gasteiger partial charge in [0.25, 0.3) is 11.8 Å². The molecule has 21 heavy (non-hydrogen) atoms. The van der Waals surface area contributed by atoms with Crippen molar-refractivity contribution in [2.45, 2.75) is 65.6 Å². The molecule has 0 fully saturated rings. The number of hydrogen-bond donors (Lipinski definition) is 2. The second-order valence-corrected chi connectivity index (χ2v) is 6.10. The van der Waals surface area contributed by atoms with Crippen LogP contribution in [0.1, 0.15) is 67.3 Å². The van der Waals surface area contributed by atoms with Gasteiger partial charge in [0.05, 0.1) is 5.69 Å². The first-order valence-corrected chi connectivity index (χ1v) is 7.61. The van der Waals surface area contributed by atoms with E-state index in [1.54, 1.807) is 0 Å². The quantitative estimate of drug-likeness (QED) is 0.883. The Hall–Kier alpha value is -1.85. The van der Waals surface area contributed by atoms with E-state index in [0.29, 0.717) is 11.5 Å². The highest BCUT2D eigenvalue weighted by Crippen LogP contribution is 2.21. The minimum absolute atomic E-state index is 0.0435. The van der Waals surface area contributed by atoms with Gasteiger partial charge in [-0.3, -0.25) is 9.59 Å². The van der Waals surface area contributed by atoms with Crippen LogP contribution < -0.4 is 10.6 Å². The number of rotatable bonds is 4. The van der Waals surface area contributed by atoms with E-state index >= 15 is 0 Å². The Bertz CT molecular complexity index is 500. The lowest BCUT2D eigenvalue weighted by molar-refractivity contribution is 0.0927. The van der Waals surface area contributed by atoms with Crippen LogP contribution in [0.2, 0.25) is 0 Å². The predicted octanol–water partition coefficient (Wildman–Crippen LogP) is 1.50. The first-order chi connectivity index (χ1) is 9.90. The van der Waals surface area contributed by atoms with Gasteiger partial charge in [-0.15, -0.1) is 0 Å². The monoisotopic (exact) mass is 292 g/mol. The van der Waals surface area contributed by atoms with Gasteiger partial charge < -0.3 is 15.2 Å². The van der Waals surface area contributed by atoms with Crippen LogP contribution in [0.3, 0.4) is 0 Å². The van der Waals surface area contributed by atoms with Gasteiger partial charge in [-0.2, -0.15) is 0 Å². The highest BCUT2D eigenvalue weighted by Gasteiger charge is 2.27. The second-order valence-electron chi connectivity index (χ2n) is 6.10. The van der Waals surface area contributed by atoms with Crippen molar-refractivity contribution in [3.63, 3.8) is 0 Å². The molecule has 0 saturated carbocycles. The van der Waals surface area contributed by atoms with Crippen LogP contribution in [0.15, 0.2) is 0 Å². The minimum atomic E-state index is -0.211. The SMILES string of the molecule is CC(C)NC(=O)c1nc(C(=O)NC(C)C)n2c1CCCC2. The molecular weight excluding hydrogens is 268 g/mol. The maximum atomic E-state index is 12.3. The summed E-state index contributed by atoms with van der Waals surface area (Å²) in [6, 6.07) is 0.0911. The smallest absolute Gasteiger partial charge is 0.287 e. The van der Waals surface area contributed by atoms with Gasteiger partial charge in [0.15, 0.2) is 5.82 Å². The van der Waals surface area contributed by atoms with Crippen molar-refractivity contribution < 1.29 is 9.59 Å². The number of nitrogens with one attached hydrogen (secondary N) is 2. The average molecular weight is 292 g/mol.